The fourth-order valence-corrected chi connectivity index (χ4v) is 1.81. The Kier molecular flexibility index (Phi) is 4.92. The zero-order chi connectivity index (χ0) is 15.2. The summed E-state index contributed by atoms with van der Waals surface area (Å²) in [5.74, 6) is 0.822. The van der Waals surface area contributed by atoms with Gasteiger partial charge < -0.3 is 15.4 Å². The summed E-state index contributed by atoms with van der Waals surface area (Å²) in [4.78, 5) is 8.06. The molecule has 0 aliphatic heterocycles. The average Bonchev–Trinajstić information content (AvgIpc) is 2.49. The van der Waals surface area contributed by atoms with Crippen LogP contribution < -0.4 is 15.4 Å². The molecule has 0 saturated heterocycles. The number of nitrogens with zero attached hydrogens (tertiary/aromatic N) is 2. The summed E-state index contributed by atoms with van der Waals surface area (Å²) < 4.78 is 19.0. The molecule has 1 aromatic heterocycles. The van der Waals surface area contributed by atoms with E-state index in [1.165, 1.54) is 0 Å². The lowest BCUT2D eigenvalue weighted by molar-refractivity contribution is 0.414. The second kappa shape index (κ2) is 6.88. The van der Waals surface area contributed by atoms with Crippen LogP contribution in [0.2, 0.25) is 0 Å². The van der Waals surface area contributed by atoms with Crippen LogP contribution in [0.1, 0.15) is 18.9 Å². The van der Waals surface area contributed by atoms with Crippen LogP contribution >= 0.6 is 0 Å². The van der Waals surface area contributed by atoms with Crippen molar-refractivity contribution in [1.29, 1.82) is 0 Å². The summed E-state index contributed by atoms with van der Waals surface area (Å²) in [6.07, 6.45) is 2.10. The van der Waals surface area contributed by atoms with Gasteiger partial charge in [-0.3, -0.25) is 0 Å². The van der Waals surface area contributed by atoms with E-state index in [1.54, 1.807) is 7.11 Å². The van der Waals surface area contributed by atoms with Gasteiger partial charge in [-0.1, -0.05) is 6.92 Å². The Morgan fingerprint density at radius 2 is 2.14 bits per heavy atom. The Labute approximate surface area is 123 Å². The largest absolute Gasteiger partial charge is 0.497 e. The molecule has 0 aliphatic carbocycles. The number of hydrogen-bond donors (Lipinski definition) is 2. The molecular weight excluding hydrogens is 271 g/mol. The second-order valence-corrected chi connectivity index (χ2v) is 4.62. The van der Waals surface area contributed by atoms with Crippen LogP contribution in [0.3, 0.4) is 0 Å². The molecule has 0 atom stereocenters. The second-order valence-electron chi connectivity index (χ2n) is 4.62. The SMILES string of the molecule is CCCNc1ncc(F)c(Nc2ccc(OC)cc2C)n1. The predicted molar refractivity (Wildman–Crippen MR) is 81.8 cm³/mol. The van der Waals surface area contributed by atoms with Crippen molar-refractivity contribution in [3.63, 3.8) is 0 Å². The number of halogens is 1. The van der Waals surface area contributed by atoms with E-state index in [-0.39, 0.29) is 5.82 Å². The molecule has 0 spiro atoms. The highest BCUT2D eigenvalue weighted by molar-refractivity contribution is 5.62. The molecule has 2 N–H and O–H groups in total. The van der Waals surface area contributed by atoms with Crippen LogP contribution in [0.5, 0.6) is 5.75 Å². The Morgan fingerprint density at radius 3 is 2.81 bits per heavy atom. The summed E-state index contributed by atoms with van der Waals surface area (Å²) in [6.45, 7) is 4.70. The topological polar surface area (TPSA) is 59.1 Å². The first-order valence-electron chi connectivity index (χ1n) is 6.82. The number of anilines is 3. The van der Waals surface area contributed by atoms with Crippen LogP contribution in [-0.4, -0.2) is 23.6 Å². The van der Waals surface area contributed by atoms with E-state index in [1.807, 2.05) is 32.0 Å². The van der Waals surface area contributed by atoms with E-state index in [9.17, 15) is 4.39 Å². The minimum Gasteiger partial charge on any atom is -0.497 e. The first-order valence-corrected chi connectivity index (χ1v) is 6.82. The Balaban J connectivity index is 2.22. The normalized spacial score (nSPS) is 10.3. The standard InChI is InChI=1S/C15H19FN4O/c1-4-7-17-15-18-9-12(16)14(20-15)19-13-6-5-11(21-3)8-10(13)2/h5-6,8-9H,4,7H2,1-3H3,(H2,17,18,19,20). The molecule has 21 heavy (non-hydrogen) atoms. The van der Waals surface area contributed by atoms with E-state index in [4.69, 9.17) is 4.74 Å². The number of methoxy groups -OCH3 is 1. The summed E-state index contributed by atoms with van der Waals surface area (Å²) in [6, 6.07) is 5.51. The lowest BCUT2D eigenvalue weighted by Gasteiger charge is -2.12. The first-order chi connectivity index (χ1) is 10.1. The molecule has 0 aliphatic rings. The van der Waals surface area contributed by atoms with Crippen LogP contribution in [0.4, 0.5) is 21.8 Å². The molecule has 2 aromatic rings. The van der Waals surface area contributed by atoms with Gasteiger partial charge in [0.2, 0.25) is 5.95 Å². The number of hydrogen-bond acceptors (Lipinski definition) is 5. The van der Waals surface area contributed by atoms with Crippen molar-refractivity contribution in [3.05, 3.63) is 35.8 Å². The maximum atomic E-state index is 13.8. The van der Waals surface area contributed by atoms with Crippen molar-refractivity contribution in [2.24, 2.45) is 0 Å². The third-order valence-corrected chi connectivity index (χ3v) is 2.96. The molecule has 1 aromatic carbocycles. The van der Waals surface area contributed by atoms with E-state index in [0.29, 0.717) is 5.95 Å². The van der Waals surface area contributed by atoms with E-state index >= 15 is 0 Å². The van der Waals surface area contributed by atoms with Gasteiger partial charge in [-0.25, -0.2) is 9.37 Å². The number of benzene rings is 1. The van der Waals surface area contributed by atoms with Crippen LogP contribution in [0.25, 0.3) is 0 Å². The van der Waals surface area contributed by atoms with Crippen LogP contribution in [-0.2, 0) is 0 Å². The van der Waals surface area contributed by atoms with Crippen molar-refractivity contribution < 1.29 is 9.13 Å². The van der Waals surface area contributed by atoms with Crippen molar-refractivity contribution in [2.75, 3.05) is 24.3 Å². The molecule has 0 radical (unpaired) electrons. The van der Waals surface area contributed by atoms with Crippen molar-refractivity contribution in [1.82, 2.24) is 9.97 Å². The summed E-state index contributed by atoms with van der Waals surface area (Å²) >= 11 is 0. The van der Waals surface area contributed by atoms with Crippen LogP contribution in [0.15, 0.2) is 24.4 Å². The van der Waals surface area contributed by atoms with Crippen molar-refractivity contribution >= 4 is 17.5 Å². The predicted octanol–water partition coefficient (Wildman–Crippen LogP) is 3.50. The quantitative estimate of drug-likeness (QED) is 0.852. The zero-order valence-electron chi connectivity index (χ0n) is 12.4. The van der Waals surface area contributed by atoms with Crippen molar-refractivity contribution in [2.45, 2.75) is 20.3 Å². The van der Waals surface area contributed by atoms with Gasteiger partial charge >= 0.3 is 0 Å². The zero-order valence-corrected chi connectivity index (χ0v) is 12.4. The Morgan fingerprint density at radius 1 is 1.33 bits per heavy atom. The minimum absolute atomic E-state index is 0.150. The third kappa shape index (κ3) is 3.81. The molecule has 0 bridgehead atoms. The van der Waals surface area contributed by atoms with E-state index < -0.39 is 5.82 Å². The van der Waals surface area contributed by atoms with Crippen LogP contribution in [0, 0.1) is 12.7 Å². The highest BCUT2D eigenvalue weighted by Crippen LogP contribution is 2.25. The molecule has 2 rings (SSSR count). The van der Waals surface area contributed by atoms with E-state index in [2.05, 4.69) is 20.6 Å². The lowest BCUT2D eigenvalue weighted by Crippen LogP contribution is -2.07. The molecule has 0 amide bonds. The number of aryl methyl sites for hydroxylation is 1. The molecule has 0 unspecified atom stereocenters. The highest BCUT2D eigenvalue weighted by atomic mass is 19.1. The van der Waals surface area contributed by atoms with Crippen molar-refractivity contribution in [3.8, 4) is 5.75 Å². The summed E-state index contributed by atoms with van der Waals surface area (Å²) in [7, 11) is 1.61. The molecular formula is C15H19FN4O. The molecule has 0 saturated carbocycles. The smallest absolute Gasteiger partial charge is 0.224 e. The fourth-order valence-electron chi connectivity index (χ4n) is 1.81. The summed E-state index contributed by atoms with van der Waals surface area (Å²) in [5.41, 5.74) is 1.71. The number of ether oxygens (including phenoxy) is 1. The van der Waals surface area contributed by atoms with Gasteiger partial charge in [-0.15, -0.1) is 0 Å². The summed E-state index contributed by atoms with van der Waals surface area (Å²) in [5, 5.41) is 6.02. The number of aromatic nitrogens is 2. The lowest BCUT2D eigenvalue weighted by atomic mass is 10.2. The maximum Gasteiger partial charge on any atom is 0.224 e. The van der Waals surface area contributed by atoms with Gasteiger partial charge in [-0.05, 0) is 37.1 Å². The number of nitrogens with one attached hydrogen (secondary N) is 2. The molecule has 6 heteroatoms. The van der Waals surface area contributed by atoms with Gasteiger partial charge in [0.25, 0.3) is 0 Å². The average molecular weight is 290 g/mol. The molecule has 0 fully saturated rings. The third-order valence-electron chi connectivity index (χ3n) is 2.96. The Hall–Kier alpha value is -2.37. The fraction of sp³-hybridized carbons (Fsp3) is 0.333. The molecule has 5 nitrogen and oxygen atoms in total. The number of rotatable bonds is 6. The maximum absolute atomic E-state index is 13.8. The molecule has 1 heterocycles. The van der Waals surface area contributed by atoms with Gasteiger partial charge in [0, 0.05) is 12.2 Å². The molecule has 112 valence electrons. The minimum atomic E-state index is -0.493. The van der Waals surface area contributed by atoms with Gasteiger partial charge in [0.05, 0.1) is 13.3 Å². The van der Waals surface area contributed by atoms with Gasteiger partial charge in [0.1, 0.15) is 5.75 Å². The Bertz CT molecular complexity index is 619. The van der Waals surface area contributed by atoms with E-state index in [0.717, 1.165) is 36.2 Å². The van der Waals surface area contributed by atoms with Gasteiger partial charge in [-0.2, -0.15) is 4.98 Å². The first kappa shape index (κ1) is 15.0. The monoisotopic (exact) mass is 290 g/mol. The highest BCUT2D eigenvalue weighted by Gasteiger charge is 2.09. The van der Waals surface area contributed by atoms with Gasteiger partial charge in [0.15, 0.2) is 11.6 Å².